The quantitative estimate of drug-likeness (QED) is 0.818. The number of hydrogen-bond donors (Lipinski definition) is 1. The fraction of sp³-hybridized carbons (Fsp3) is 0.714. The van der Waals surface area contributed by atoms with Crippen LogP contribution in [0.15, 0.2) is 6.07 Å². The molecule has 2 aliphatic rings. The molecule has 1 aromatic rings. The molecule has 1 aliphatic heterocycles. The lowest BCUT2D eigenvalue weighted by molar-refractivity contribution is 0.271. The number of fused-ring (bicyclic) bond motifs is 1. The Bertz CT molecular complexity index is 425. The van der Waals surface area contributed by atoms with Gasteiger partial charge >= 0.3 is 0 Å². The molecule has 4 nitrogen and oxygen atoms in total. The molecule has 1 aromatic heterocycles. The van der Waals surface area contributed by atoms with Crippen molar-refractivity contribution in [2.24, 2.45) is 17.6 Å². The summed E-state index contributed by atoms with van der Waals surface area (Å²) >= 11 is 0. The molecular weight excluding hydrogens is 224 g/mol. The summed E-state index contributed by atoms with van der Waals surface area (Å²) in [6, 6.07) is 2.44. The van der Waals surface area contributed by atoms with E-state index in [1.807, 2.05) is 19.9 Å². The second-order valence-corrected chi connectivity index (χ2v) is 5.95. The molecule has 0 aromatic carbocycles. The van der Waals surface area contributed by atoms with Crippen LogP contribution in [0.1, 0.15) is 30.7 Å². The smallest absolute Gasteiger partial charge is 0.225 e. The summed E-state index contributed by atoms with van der Waals surface area (Å²) in [5.41, 5.74) is 8.19. The maximum Gasteiger partial charge on any atom is 0.225 e. The van der Waals surface area contributed by atoms with Crippen molar-refractivity contribution in [1.82, 2.24) is 9.97 Å². The number of nitrogens with two attached hydrogens (primary N) is 1. The first kappa shape index (κ1) is 11.9. The van der Waals surface area contributed by atoms with Gasteiger partial charge in [-0.15, -0.1) is 0 Å². The molecule has 1 aliphatic carbocycles. The van der Waals surface area contributed by atoms with Gasteiger partial charge in [0, 0.05) is 30.5 Å². The molecule has 0 amide bonds. The van der Waals surface area contributed by atoms with E-state index in [2.05, 4.69) is 14.9 Å². The van der Waals surface area contributed by atoms with Gasteiger partial charge in [0.2, 0.25) is 5.95 Å². The lowest BCUT2D eigenvalue weighted by Gasteiger charge is -2.27. The largest absolute Gasteiger partial charge is 0.340 e. The Labute approximate surface area is 109 Å². The number of rotatable bonds is 1. The first-order chi connectivity index (χ1) is 8.61. The number of anilines is 1. The highest BCUT2D eigenvalue weighted by molar-refractivity contribution is 5.34. The summed E-state index contributed by atoms with van der Waals surface area (Å²) in [6.07, 6.45) is 3.63. The summed E-state index contributed by atoms with van der Waals surface area (Å²) in [6.45, 7) is 6.27. The van der Waals surface area contributed by atoms with Crippen LogP contribution in [0.5, 0.6) is 0 Å². The third-order valence-electron chi connectivity index (χ3n) is 4.34. The van der Waals surface area contributed by atoms with Crippen LogP contribution in [0.2, 0.25) is 0 Å². The average Bonchev–Trinajstić information content (AvgIpc) is 2.70. The van der Waals surface area contributed by atoms with E-state index in [9.17, 15) is 0 Å². The van der Waals surface area contributed by atoms with E-state index in [-0.39, 0.29) is 0 Å². The Morgan fingerprint density at radius 3 is 2.50 bits per heavy atom. The van der Waals surface area contributed by atoms with Crippen LogP contribution in [-0.2, 0) is 0 Å². The molecule has 2 fully saturated rings. The van der Waals surface area contributed by atoms with Gasteiger partial charge in [0.05, 0.1) is 0 Å². The predicted molar refractivity (Wildman–Crippen MR) is 72.5 cm³/mol. The van der Waals surface area contributed by atoms with E-state index in [1.165, 1.54) is 19.3 Å². The summed E-state index contributed by atoms with van der Waals surface area (Å²) in [5, 5.41) is 0. The second-order valence-electron chi connectivity index (χ2n) is 5.95. The normalized spacial score (nSPS) is 31.5. The van der Waals surface area contributed by atoms with Crippen molar-refractivity contribution in [3.8, 4) is 0 Å². The van der Waals surface area contributed by atoms with Crippen molar-refractivity contribution in [3.05, 3.63) is 17.5 Å². The van der Waals surface area contributed by atoms with Gasteiger partial charge in [-0.25, -0.2) is 9.97 Å². The molecule has 3 rings (SSSR count). The van der Waals surface area contributed by atoms with Gasteiger partial charge in [-0.1, -0.05) is 0 Å². The minimum atomic E-state index is 0.409. The molecule has 3 atom stereocenters. The fourth-order valence-corrected chi connectivity index (χ4v) is 3.48. The highest BCUT2D eigenvalue weighted by Crippen LogP contribution is 2.36. The third-order valence-corrected chi connectivity index (χ3v) is 4.34. The summed E-state index contributed by atoms with van der Waals surface area (Å²) < 4.78 is 0. The van der Waals surface area contributed by atoms with Gasteiger partial charge in [-0.05, 0) is 51.0 Å². The van der Waals surface area contributed by atoms with Crippen molar-refractivity contribution in [3.63, 3.8) is 0 Å². The number of aryl methyl sites for hydroxylation is 2. The van der Waals surface area contributed by atoms with Crippen LogP contribution in [0.25, 0.3) is 0 Å². The van der Waals surface area contributed by atoms with Gasteiger partial charge in [-0.2, -0.15) is 0 Å². The maximum absolute atomic E-state index is 6.07. The molecule has 2 heterocycles. The first-order valence-corrected chi connectivity index (χ1v) is 6.94. The molecule has 18 heavy (non-hydrogen) atoms. The molecular formula is C14H22N4. The summed E-state index contributed by atoms with van der Waals surface area (Å²) in [5.74, 6) is 2.46. The topological polar surface area (TPSA) is 55.0 Å². The van der Waals surface area contributed by atoms with Crippen molar-refractivity contribution < 1.29 is 0 Å². The highest BCUT2D eigenvalue weighted by atomic mass is 15.3. The predicted octanol–water partition coefficient (Wildman–Crippen LogP) is 1.66. The zero-order valence-corrected chi connectivity index (χ0v) is 11.3. The van der Waals surface area contributed by atoms with E-state index >= 15 is 0 Å². The zero-order chi connectivity index (χ0) is 12.7. The minimum Gasteiger partial charge on any atom is -0.340 e. The Morgan fingerprint density at radius 1 is 1.11 bits per heavy atom. The molecule has 1 saturated carbocycles. The lowest BCUT2D eigenvalue weighted by atomic mass is 9.79. The zero-order valence-electron chi connectivity index (χ0n) is 11.3. The average molecular weight is 246 g/mol. The Morgan fingerprint density at radius 2 is 1.78 bits per heavy atom. The van der Waals surface area contributed by atoms with E-state index in [0.29, 0.717) is 6.04 Å². The molecule has 1 saturated heterocycles. The van der Waals surface area contributed by atoms with Crippen LogP contribution in [-0.4, -0.2) is 29.1 Å². The van der Waals surface area contributed by atoms with Crippen molar-refractivity contribution >= 4 is 5.95 Å². The van der Waals surface area contributed by atoms with Gasteiger partial charge in [0.15, 0.2) is 0 Å². The monoisotopic (exact) mass is 246 g/mol. The van der Waals surface area contributed by atoms with Crippen molar-refractivity contribution in [2.45, 2.75) is 39.2 Å². The van der Waals surface area contributed by atoms with E-state index < -0.39 is 0 Å². The standard InChI is InChI=1S/C14H22N4/c1-9-5-10(2)17-14(16-9)18-7-11-3-4-13(15)6-12(11)8-18/h5,11-13H,3-4,6-8,15H2,1-2H3/t11-,12+,13?/m1/s1. The molecule has 0 radical (unpaired) electrons. The molecule has 2 N–H and O–H groups in total. The fourth-order valence-electron chi connectivity index (χ4n) is 3.48. The number of aromatic nitrogens is 2. The Balaban J connectivity index is 1.78. The molecule has 4 heteroatoms. The first-order valence-electron chi connectivity index (χ1n) is 6.94. The van der Waals surface area contributed by atoms with Gasteiger partial charge in [-0.3, -0.25) is 0 Å². The van der Waals surface area contributed by atoms with Crippen molar-refractivity contribution in [2.75, 3.05) is 18.0 Å². The number of nitrogens with zero attached hydrogens (tertiary/aromatic N) is 3. The lowest BCUT2D eigenvalue weighted by Crippen LogP contribution is -2.32. The van der Waals surface area contributed by atoms with E-state index in [1.54, 1.807) is 0 Å². The molecule has 98 valence electrons. The Hall–Kier alpha value is -1.16. The van der Waals surface area contributed by atoms with E-state index in [0.717, 1.165) is 42.3 Å². The minimum absolute atomic E-state index is 0.409. The number of hydrogen-bond acceptors (Lipinski definition) is 4. The summed E-state index contributed by atoms with van der Waals surface area (Å²) in [7, 11) is 0. The van der Waals surface area contributed by atoms with Crippen molar-refractivity contribution in [1.29, 1.82) is 0 Å². The van der Waals surface area contributed by atoms with E-state index in [4.69, 9.17) is 5.73 Å². The van der Waals surface area contributed by atoms with Crippen LogP contribution < -0.4 is 10.6 Å². The van der Waals surface area contributed by atoms with Crippen LogP contribution >= 0.6 is 0 Å². The van der Waals surface area contributed by atoms with Gasteiger partial charge < -0.3 is 10.6 Å². The second kappa shape index (κ2) is 4.50. The van der Waals surface area contributed by atoms with Crippen LogP contribution in [0.3, 0.4) is 0 Å². The highest BCUT2D eigenvalue weighted by Gasteiger charge is 2.37. The van der Waals surface area contributed by atoms with Crippen LogP contribution in [0, 0.1) is 25.7 Å². The van der Waals surface area contributed by atoms with Gasteiger partial charge in [0.25, 0.3) is 0 Å². The van der Waals surface area contributed by atoms with Crippen LogP contribution in [0.4, 0.5) is 5.95 Å². The summed E-state index contributed by atoms with van der Waals surface area (Å²) in [4.78, 5) is 11.5. The molecule has 0 bridgehead atoms. The molecule has 0 spiro atoms. The third kappa shape index (κ3) is 2.21. The SMILES string of the molecule is Cc1cc(C)nc(N2C[C@H]3CCC(N)C[C@H]3C2)n1. The van der Waals surface area contributed by atoms with Gasteiger partial charge in [0.1, 0.15) is 0 Å². The maximum atomic E-state index is 6.07. The molecule has 1 unspecified atom stereocenters. The Kier molecular flexibility index (Phi) is 2.98.